The molecule has 0 aromatic carbocycles. The van der Waals surface area contributed by atoms with Crippen molar-refractivity contribution in [3.05, 3.63) is 25.7 Å². The summed E-state index contributed by atoms with van der Waals surface area (Å²) in [6.07, 6.45) is 2.62. The van der Waals surface area contributed by atoms with Crippen LogP contribution >= 0.6 is 0 Å². The summed E-state index contributed by atoms with van der Waals surface area (Å²) in [6.45, 7) is 6.51. The minimum atomic E-state index is -5.17. The summed E-state index contributed by atoms with van der Waals surface area (Å²) in [5.74, 6) is 0. The van der Waals surface area contributed by atoms with E-state index in [1.165, 1.54) is 12.5 Å². The molecule has 0 rings (SSSR count). The number of hydrogen-bond acceptors (Lipinski definition) is 5. The molecule has 0 radical (unpaired) electrons. The largest absolute Gasteiger partial charge is 1.00 e. The molecule has 5 nitrogen and oxygen atoms in total. The first kappa shape index (κ1) is 23.2. The number of ether oxygens (including phenoxy) is 1. The molecule has 0 aliphatic heterocycles. The van der Waals surface area contributed by atoms with E-state index in [1.54, 1.807) is 0 Å². The molecule has 0 atom stereocenters. The van der Waals surface area contributed by atoms with Gasteiger partial charge in [-0.3, -0.25) is 8.42 Å². The number of hydrogen-bond donors (Lipinski definition) is 0. The topological polar surface area (TPSA) is 89.5 Å². The Morgan fingerprint density at radius 1 is 1.08 bits per heavy atom. The minimum Gasteiger partial charge on any atom is -0.759 e. The summed E-state index contributed by atoms with van der Waals surface area (Å²) in [4.78, 5) is 0. The normalized spacial score (nSPS) is 7.17. The second kappa shape index (κ2) is 14.7. The van der Waals surface area contributed by atoms with Gasteiger partial charge in [-0.15, -0.1) is 0 Å². The summed E-state index contributed by atoms with van der Waals surface area (Å²) >= 11 is 0. The van der Waals surface area contributed by atoms with Crippen molar-refractivity contribution < 1.29 is 81.4 Å². The Labute approximate surface area is 116 Å². The van der Waals surface area contributed by atoms with Gasteiger partial charge in [0.05, 0.1) is 12.5 Å². The maximum absolute atomic E-state index is 8.52. The molecule has 0 unspecified atom stereocenters. The third-order valence-corrected chi connectivity index (χ3v) is 0.192. The van der Waals surface area contributed by atoms with Crippen molar-refractivity contribution in [2.45, 2.75) is 0 Å². The van der Waals surface area contributed by atoms with E-state index in [2.05, 4.69) is 17.9 Å². The minimum absolute atomic E-state index is 0. The van der Waals surface area contributed by atoms with Gasteiger partial charge in [0.2, 0.25) is 0 Å². The van der Waals surface area contributed by atoms with Gasteiger partial charge in [0.25, 0.3) is 0 Å². The molecular formula is C4H6Na2O5S. The first-order valence-corrected chi connectivity index (χ1v) is 3.29. The smallest absolute Gasteiger partial charge is 0.759 e. The summed E-state index contributed by atoms with van der Waals surface area (Å²) in [5, 5.41) is 0. The van der Waals surface area contributed by atoms with Gasteiger partial charge in [-0.1, -0.05) is 13.2 Å². The molecule has 8 heteroatoms. The summed E-state index contributed by atoms with van der Waals surface area (Å²) in [6, 6.07) is 0. The molecule has 0 aliphatic carbocycles. The fraction of sp³-hybridized carbons (Fsp3) is 0. The van der Waals surface area contributed by atoms with Crippen LogP contribution in [0.25, 0.3) is 0 Å². The van der Waals surface area contributed by atoms with E-state index in [0.29, 0.717) is 0 Å². The molecule has 0 aliphatic rings. The van der Waals surface area contributed by atoms with Crippen molar-refractivity contribution in [2.75, 3.05) is 0 Å². The zero-order valence-corrected chi connectivity index (χ0v) is 11.8. The van der Waals surface area contributed by atoms with E-state index in [1.807, 2.05) is 0 Å². The van der Waals surface area contributed by atoms with Gasteiger partial charge >= 0.3 is 59.1 Å². The van der Waals surface area contributed by atoms with Crippen molar-refractivity contribution in [2.24, 2.45) is 0 Å². The average molecular weight is 212 g/mol. The predicted octanol–water partition coefficient (Wildman–Crippen LogP) is -6.04. The monoisotopic (exact) mass is 212 g/mol. The third kappa shape index (κ3) is 116. The zero-order valence-electron chi connectivity index (χ0n) is 7.02. The second-order valence-corrected chi connectivity index (χ2v) is 1.69. The Kier molecular flexibility index (Phi) is 28.3. The van der Waals surface area contributed by atoms with Crippen LogP contribution in [0, 0.1) is 0 Å². The van der Waals surface area contributed by atoms with Crippen LogP contribution in [0.3, 0.4) is 0 Å². The average Bonchev–Trinajstić information content (AvgIpc) is 1.63. The van der Waals surface area contributed by atoms with E-state index in [4.69, 9.17) is 17.5 Å². The fourth-order valence-electron chi connectivity index (χ4n) is 0.0680. The van der Waals surface area contributed by atoms with E-state index < -0.39 is 10.4 Å². The van der Waals surface area contributed by atoms with Gasteiger partial charge in [0, 0.05) is 10.4 Å². The van der Waals surface area contributed by atoms with E-state index >= 15 is 0 Å². The molecule has 0 saturated heterocycles. The Morgan fingerprint density at radius 3 is 1.25 bits per heavy atom. The van der Waals surface area contributed by atoms with Crippen molar-refractivity contribution in [1.29, 1.82) is 0 Å². The molecule has 0 saturated carbocycles. The molecule has 0 fully saturated rings. The van der Waals surface area contributed by atoms with Gasteiger partial charge in [0.15, 0.2) is 0 Å². The molecule has 12 heavy (non-hydrogen) atoms. The molecule has 0 amide bonds. The Morgan fingerprint density at radius 2 is 1.25 bits per heavy atom. The number of rotatable bonds is 2. The van der Waals surface area contributed by atoms with Crippen LogP contribution in [-0.4, -0.2) is 17.5 Å². The molecule has 0 N–H and O–H groups in total. The standard InChI is InChI=1S/C4H6O.2Na.H2O4S/c1-3-5-4-2;;;1-5(2,3)4/h3-4H,1-2H2;;;(H2,1,2,3,4)/q;2*+1;/p-2. The van der Waals surface area contributed by atoms with Gasteiger partial charge in [-0.05, 0) is 0 Å². The van der Waals surface area contributed by atoms with Crippen LogP contribution in [0.15, 0.2) is 25.7 Å². The van der Waals surface area contributed by atoms with Gasteiger partial charge in [-0.2, -0.15) is 0 Å². The van der Waals surface area contributed by atoms with Crippen molar-refractivity contribution >= 4 is 10.4 Å². The summed E-state index contributed by atoms with van der Waals surface area (Å²) in [7, 11) is -5.17. The van der Waals surface area contributed by atoms with E-state index in [-0.39, 0.29) is 59.1 Å². The Balaban J connectivity index is -0.0000000457. The van der Waals surface area contributed by atoms with Crippen LogP contribution in [0.5, 0.6) is 0 Å². The van der Waals surface area contributed by atoms with Gasteiger partial charge in [-0.25, -0.2) is 0 Å². The zero-order chi connectivity index (χ0) is 8.62. The Bertz CT molecular complexity index is 174. The quantitative estimate of drug-likeness (QED) is 0.197. The van der Waals surface area contributed by atoms with Crippen LogP contribution in [0.1, 0.15) is 0 Å². The molecule has 0 bridgehead atoms. The van der Waals surface area contributed by atoms with Crippen molar-refractivity contribution in [1.82, 2.24) is 0 Å². The molecule has 0 aromatic rings. The first-order chi connectivity index (χ1) is 4.41. The third-order valence-electron chi connectivity index (χ3n) is 0.192. The van der Waals surface area contributed by atoms with Crippen LogP contribution in [-0.2, 0) is 15.1 Å². The molecule has 0 spiro atoms. The maximum atomic E-state index is 8.52. The second-order valence-electron chi connectivity index (χ2n) is 0.878. The SMILES string of the molecule is C=COC=C.O=S(=O)([O-])[O-].[Na+].[Na+]. The predicted molar refractivity (Wildman–Crippen MR) is 32.0 cm³/mol. The fourth-order valence-corrected chi connectivity index (χ4v) is 0.0680. The van der Waals surface area contributed by atoms with E-state index in [9.17, 15) is 0 Å². The molecule has 0 heterocycles. The van der Waals surface area contributed by atoms with Crippen molar-refractivity contribution in [3.63, 3.8) is 0 Å². The van der Waals surface area contributed by atoms with Crippen LogP contribution in [0.4, 0.5) is 0 Å². The first-order valence-electron chi connectivity index (χ1n) is 1.95. The summed E-state index contributed by atoms with van der Waals surface area (Å²) in [5.41, 5.74) is 0. The molecular weight excluding hydrogens is 206 g/mol. The van der Waals surface area contributed by atoms with Crippen LogP contribution in [0.2, 0.25) is 0 Å². The summed E-state index contributed by atoms with van der Waals surface area (Å²) < 4.78 is 38.4. The maximum Gasteiger partial charge on any atom is 1.00 e. The molecule has 60 valence electrons. The molecule has 0 aromatic heterocycles. The van der Waals surface area contributed by atoms with Crippen molar-refractivity contribution in [3.8, 4) is 0 Å². The van der Waals surface area contributed by atoms with Gasteiger partial charge in [0.1, 0.15) is 0 Å². The van der Waals surface area contributed by atoms with Crippen LogP contribution < -0.4 is 59.1 Å². The van der Waals surface area contributed by atoms with Gasteiger partial charge < -0.3 is 13.8 Å². The van der Waals surface area contributed by atoms with E-state index in [0.717, 1.165) is 0 Å². The Hall–Kier alpha value is 1.15.